The molecule has 1 aliphatic rings. The van der Waals surface area contributed by atoms with Crippen molar-refractivity contribution < 1.29 is 4.79 Å². The van der Waals surface area contributed by atoms with Gasteiger partial charge in [0.15, 0.2) is 5.69 Å². The highest BCUT2D eigenvalue weighted by Gasteiger charge is 2.28. The quantitative estimate of drug-likeness (QED) is 0.390. The predicted molar refractivity (Wildman–Crippen MR) is 133 cm³/mol. The highest BCUT2D eigenvalue weighted by atomic mass is 32.1. The number of thiazole rings is 1. The Bertz CT molecular complexity index is 1240. The number of thiophene rings is 1. The molecule has 1 amide bonds. The fourth-order valence-electron chi connectivity index (χ4n) is 4.17. The molecule has 0 aliphatic carbocycles. The van der Waals surface area contributed by atoms with Gasteiger partial charge in [0.25, 0.3) is 5.91 Å². The summed E-state index contributed by atoms with van der Waals surface area (Å²) in [6.45, 7) is 9.40. The number of carbonyl (C=O) groups excluding carboxylic acids is 1. The van der Waals surface area contributed by atoms with Crippen molar-refractivity contribution in [3.05, 3.63) is 52.7 Å². The average Bonchev–Trinajstić information content (AvgIpc) is 3.49. The zero-order chi connectivity index (χ0) is 22.2. The van der Waals surface area contributed by atoms with Gasteiger partial charge in [-0.05, 0) is 57.0 Å². The summed E-state index contributed by atoms with van der Waals surface area (Å²) in [7, 11) is 0. The SMILES string of the molecule is CCCN1CCc2c(sc(NC(=O)c3ccn(C(C)C)n3)c2-c2nc3ccccc3s2)C1. The lowest BCUT2D eigenvalue weighted by molar-refractivity contribution is 0.102. The third-order valence-corrected chi connectivity index (χ3v) is 7.97. The first-order valence-electron chi connectivity index (χ1n) is 11.1. The highest BCUT2D eigenvalue weighted by molar-refractivity contribution is 7.22. The number of hydrogen-bond donors (Lipinski definition) is 1. The Hall–Kier alpha value is -2.55. The fraction of sp³-hybridized carbons (Fsp3) is 0.375. The Kier molecular flexibility index (Phi) is 5.84. The van der Waals surface area contributed by atoms with Crippen molar-refractivity contribution >= 4 is 43.8 Å². The molecule has 4 aromatic rings. The lowest BCUT2D eigenvalue weighted by Gasteiger charge is -2.26. The second-order valence-corrected chi connectivity index (χ2v) is 10.6. The predicted octanol–water partition coefficient (Wildman–Crippen LogP) is 5.82. The van der Waals surface area contributed by atoms with Crippen molar-refractivity contribution in [1.29, 1.82) is 0 Å². The molecule has 1 aliphatic heterocycles. The molecule has 166 valence electrons. The molecule has 8 heteroatoms. The molecule has 0 bridgehead atoms. The van der Waals surface area contributed by atoms with E-state index in [0.29, 0.717) is 5.69 Å². The Balaban J connectivity index is 1.54. The van der Waals surface area contributed by atoms with Gasteiger partial charge in [0.05, 0.1) is 10.2 Å². The molecule has 5 rings (SSSR count). The summed E-state index contributed by atoms with van der Waals surface area (Å²) < 4.78 is 2.98. The molecule has 4 heterocycles. The van der Waals surface area contributed by atoms with Crippen molar-refractivity contribution in [1.82, 2.24) is 19.7 Å². The van der Waals surface area contributed by atoms with Gasteiger partial charge in [0, 0.05) is 35.8 Å². The van der Waals surface area contributed by atoms with Crippen LogP contribution >= 0.6 is 22.7 Å². The van der Waals surface area contributed by atoms with E-state index in [4.69, 9.17) is 4.98 Å². The van der Waals surface area contributed by atoms with Crippen LogP contribution in [0.3, 0.4) is 0 Å². The van der Waals surface area contributed by atoms with Crippen LogP contribution in [-0.2, 0) is 13.0 Å². The standard InChI is InChI=1S/C24H27N5OS2/c1-4-11-28-12-9-16-20(14-28)32-24(26-22(30)18-10-13-29(27-18)15(2)3)21(16)23-25-17-7-5-6-8-19(17)31-23/h5-8,10,13,15H,4,9,11-12,14H2,1-3H3,(H,26,30). The summed E-state index contributed by atoms with van der Waals surface area (Å²) in [6.07, 6.45) is 3.98. The van der Waals surface area contributed by atoms with Gasteiger partial charge in [-0.1, -0.05) is 19.1 Å². The number of carbonyl (C=O) groups is 1. The molecular formula is C24H27N5OS2. The molecule has 3 aromatic heterocycles. The first-order valence-corrected chi connectivity index (χ1v) is 12.8. The maximum absolute atomic E-state index is 13.1. The summed E-state index contributed by atoms with van der Waals surface area (Å²) in [4.78, 5) is 21.8. The summed E-state index contributed by atoms with van der Waals surface area (Å²) in [5, 5.41) is 9.49. The number of fused-ring (bicyclic) bond motifs is 2. The number of anilines is 1. The Morgan fingerprint density at radius 3 is 2.81 bits per heavy atom. The summed E-state index contributed by atoms with van der Waals surface area (Å²) in [5.74, 6) is -0.171. The first kappa shape index (κ1) is 21.3. The zero-order valence-electron chi connectivity index (χ0n) is 18.6. The van der Waals surface area contributed by atoms with E-state index in [1.165, 1.54) is 15.1 Å². The Morgan fingerprint density at radius 1 is 1.22 bits per heavy atom. The van der Waals surface area contributed by atoms with Crippen molar-refractivity contribution in [3.8, 4) is 10.6 Å². The molecule has 0 unspecified atom stereocenters. The second kappa shape index (κ2) is 8.77. The molecule has 0 fully saturated rings. The normalized spacial score (nSPS) is 14.2. The fourth-order valence-corrected chi connectivity index (χ4v) is 6.57. The maximum atomic E-state index is 13.1. The van der Waals surface area contributed by atoms with E-state index in [0.717, 1.165) is 53.6 Å². The van der Waals surface area contributed by atoms with Gasteiger partial charge >= 0.3 is 0 Å². The van der Waals surface area contributed by atoms with Crippen molar-refractivity contribution in [2.75, 3.05) is 18.4 Å². The van der Waals surface area contributed by atoms with Crippen LogP contribution in [-0.4, -0.2) is 38.7 Å². The van der Waals surface area contributed by atoms with Gasteiger partial charge in [0.1, 0.15) is 10.0 Å². The number of para-hydroxylation sites is 1. The van der Waals surface area contributed by atoms with E-state index < -0.39 is 0 Å². The minimum atomic E-state index is -0.171. The zero-order valence-corrected chi connectivity index (χ0v) is 20.2. The summed E-state index contributed by atoms with van der Waals surface area (Å²) in [6, 6.07) is 10.2. The van der Waals surface area contributed by atoms with E-state index in [2.05, 4.69) is 42.2 Å². The maximum Gasteiger partial charge on any atom is 0.276 e. The van der Waals surface area contributed by atoms with Crippen LogP contribution in [0.25, 0.3) is 20.8 Å². The van der Waals surface area contributed by atoms with Gasteiger partial charge in [-0.2, -0.15) is 5.10 Å². The van der Waals surface area contributed by atoms with E-state index >= 15 is 0 Å². The number of aromatic nitrogens is 3. The second-order valence-electron chi connectivity index (χ2n) is 8.45. The van der Waals surface area contributed by atoms with Crippen molar-refractivity contribution in [2.24, 2.45) is 0 Å². The molecule has 0 spiro atoms. The molecule has 1 N–H and O–H groups in total. The van der Waals surface area contributed by atoms with Crippen LogP contribution in [0.4, 0.5) is 5.00 Å². The van der Waals surface area contributed by atoms with Crippen LogP contribution in [0.5, 0.6) is 0 Å². The molecular weight excluding hydrogens is 438 g/mol. The number of nitrogens with one attached hydrogen (secondary N) is 1. The lowest BCUT2D eigenvalue weighted by atomic mass is 10.0. The molecule has 1 aromatic carbocycles. The van der Waals surface area contributed by atoms with E-state index in [1.807, 2.05) is 29.1 Å². The van der Waals surface area contributed by atoms with Crippen LogP contribution in [0, 0.1) is 0 Å². The minimum Gasteiger partial charge on any atom is -0.312 e. The molecule has 6 nitrogen and oxygen atoms in total. The molecule has 32 heavy (non-hydrogen) atoms. The minimum absolute atomic E-state index is 0.171. The average molecular weight is 466 g/mol. The smallest absolute Gasteiger partial charge is 0.276 e. The molecule has 0 radical (unpaired) electrons. The van der Waals surface area contributed by atoms with E-state index in [1.54, 1.807) is 28.7 Å². The summed E-state index contributed by atoms with van der Waals surface area (Å²) >= 11 is 3.39. The Morgan fingerprint density at radius 2 is 2.06 bits per heavy atom. The highest BCUT2D eigenvalue weighted by Crippen LogP contribution is 2.45. The van der Waals surface area contributed by atoms with Gasteiger partial charge in [0.2, 0.25) is 0 Å². The van der Waals surface area contributed by atoms with Crippen LogP contribution in [0.15, 0.2) is 36.5 Å². The number of benzene rings is 1. The Labute approximate surface area is 195 Å². The number of hydrogen-bond acceptors (Lipinski definition) is 6. The third kappa shape index (κ3) is 3.98. The molecule has 0 saturated carbocycles. The topological polar surface area (TPSA) is 63.1 Å². The van der Waals surface area contributed by atoms with Crippen LogP contribution in [0.2, 0.25) is 0 Å². The van der Waals surface area contributed by atoms with Crippen LogP contribution in [0.1, 0.15) is 54.2 Å². The number of nitrogens with zero attached hydrogens (tertiary/aromatic N) is 4. The van der Waals surface area contributed by atoms with Crippen LogP contribution < -0.4 is 5.32 Å². The third-order valence-electron chi connectivity index (χ3n) is 5.78. The van der Waals surface area contributed by atoms with Crippen molar-refractivity contribution in [2.45, 2.75) is 46.2 Å². The largest absolute Gasteiger partial charge is 0.312 e. The number of rotatable bonds is 6. The van der Waals surface area contributed by atoms with Gasteiger partial charge in [-0.3, -0.25) is 14.4 Å². The van der Waals surface area contributed by atoms with E-state index in [9.17, 15) is 4.79 Å². The van der Waals surface area contributed by atoms with Gasteiger partial charge < -0.3 is 5.32 Å². The number of amides is 1. The molecule has 0 saturated heterocycles. The summed E-state index contributed by atoms with van der Waals surface area (Å²) in [5.41, 5.74) is 3.88. The van der Waals surface area contributed by atoms with E-state index in [-0.39, 0.29) is 11.9 Å². The lowest BCUT2D eigenvalue weighted by Crippen LogP contribution is -2.30. The molecule has 0 atom stereocenters. The van der Waals surface area contributed by atoms with Gasteiger partial charge in [-0.25, -0.2) is 4.98 Å². The monoisotopic (exact) mass is 465 g/mol. The first-order chi connectivity index (χ1) is 15.5. The van der Waals surface area contributed by atoms with Crippen molar-refractivity contribution in [3.63, 3.8) is 0 Å². The van der Waals surface area contributed by atoms with Gasteiger partial charge in [-0.15, -0.1) is 22.7 Å².